The van der Waals surface area contributed by atoms with Gasteiger partial charge in [-0.2, -0.15) is 0 Å². The molecule has 19 heavy (non-hydrogen) atoms. The second-order valence-corrected chi connectivity index (χ2v) is 5.36. The van der Waals surface area contributed by atoms with Gasteiger partial charge in [0.25, 0.3) is 0 Å². The minimum absolute atomic E-state index is 0.0226. The number of benzene rings is 1. The van der Waals surface area contributed by atoms with Gasteiger partial charge >= 0.3 is 0 Å². The van der Waals surface area contributed by atoms with Crippen molar-refractivity contribution in [2.75, 3.05) is 11.9 Å². The lowest BCUT2D eigenvalue weighted by molar-refractivity contribution is -0.117. The van der Waals surface area contributed by atoms with Gasteiger partial charge in [-0.3, -0.25) is 9.69 Å². The molecular formula is C15H15BrN2O. The fourth-order valence-corrected chi connectivity index (χ4v) is 2.03. The molecule has 0 saturated heterocycles. The molecule has 3 nitrogen and oxygen atoms in total. The zero-order valence-corrected chi connectivity index (χ0v) is 12.5. The van der Waals surface area contributed by atoms with Crippen LogP contribution < -0.4 is 4.90 Å². The lowest BCUT2D eigenvalue weighted by atomic mass is 10.1. The van der Waals surface area contributed by atoms with Gasteiger partial charge in [-0.1, -0.05) is 45.8 Å². The maximum Gasteiger partial charge on any atom is 0.232 e. The van der Waals surface area contributed by atoms with E-state index in [1.165, 1.54) is 5.56 Å². The molecule has 98 valence electrons. The van der Waals surface area contributed by atoms with Crippen molar-refractivity contribution in [3.63, 3.8) is 0 Å². The molecular weight excluding hydrogens is 304 g/mol. The van der Waals surface area contributed by atoms with Gasteiger partial charge in [0.2, 0.25) is 5.91 Å². The largest absolute Gasteiger partial charge is 0.300 e. The van der Waals surface area contributed by atoms with E-state index in [0.717, 1.165) is 10.0 Å². The number of carbonyl (C=O) groups is 1. The highest BCUT2D eigenvalue weighted by Gasteiger charge is 2.12. The minimum atomic E-state index is 0.0226. The lowest BCUT2D eigenvalue weighted by Crippen LogP contribution is -2.28. The summed E-state index contributed by atoms with van der Waals surface area (Å²) in [6.45, 7) is 2.03. The minimum Gasteiger partial charge on any atom is -0.300 e. The van der Waals surface area contributed by atoms with E-state index in [1.807, 2.05) is 43.3 Å². The first-order valence-electron chi connectivity index (χ1n) is 6.00. The smallest absolute Gasteiger partial charge is 0.232 e. The van der Waals surface area contributed by atoms with Crippen molar-refractivity contribution in [2.24, 2.45) is 0 Å². The molecule has 0 N–H and O–H groups in total. The molecule has 0 aliphatic rings. The molecule has 1 amide bonds. The van der Waals surface area contributed by atoms with Crippen LogP contribution in [0.1, 0.15) is 11.1 Å². The van der Waals surface area contributed by atoms with Crippen LogP contribution in [0.3, 0.4) is 0 Å². The summed E-state index contributed by atoms with van der Waals surface area (Å²) in [5.74, 6) is 0.668. The van der Waals surface area contributed by atoms with E-state index in [4.69, 9.17) is 0 Å². The van der Waals surface area contributed by atoms with Gasteiger partial charge in [0.1, 0.15) is 5.82 Å². The van der Waals surface area contributed by atoms with Crippen LogP contribution in [0.5, 0.6) is 0 Å². The Morgan fingerprint density at radius 1 is 1.26 bits per heavy atom. The first-order valence-corrected chi connectivity index (χ1v) is 6.79. The first-order chi connectivity index (χ1) is 9.06. The standard InChI is InChI=1S/C15H15BrN2O/c1-11-3-5-12(6-4-11)9-15(19)18(2)14-10-13(16)7-8-17-14/h3-8,10H,9H2,1-2H3. The summed E-state index contributed by atoms with van der Waals surface area (Å²) in [4.78, 5) is 17.9. The van der Waals surface area contributed by atoms with Crippen LogP contribution >= 0.6 is 15.9 Å². The number of aryl methyl sites for hydroxylation is 1. The molecule has 2 rings (SSSR count). The van der Waals surface area contributed by atoms with Crippen molar-refractivity contribution in [3.8, 4) is 0 Å². The molecule has 4 heteroatoms. The number of likely N-dealkylation sites (N-methyl/N-ethyl adjacent to an activating group) is 1. The second kappa shape index (κ2) is 5.97. The van der Waals surface area contributed by atoms with E-state index in [-0.39, 0.29) is 5.91 Å². The van der Waals surface area contributed by atoms with E-state index >= 15 is 0 Å². The third kappa shape index (κ3) is 3.64. The number of halogens is 1. The molecule has 2 aromatic rings. The predicted octanol–water partition coefficient (Wildman–Crippen LogP) is 3.36. The van der Waals surface area contributed by atoms with Crippen molar-refractivity contribution in [2.45, 2.75) is 13.3 Å². The summed E-state index contributed by atoms with van der Waals surface area (Å²) in [5.41, 5.74) is 2.20. The molecule has 0 atom stereocenters. The van der Waals surface area contributed by atoms with E-state index in [9.17, 15) is 4.79 Å². The molecule has 0 spiro atoms. The van der Waals surface area contributed by atoms with Crippen LogP contribution in [0.2, 0.25) is 0 Å². The number of rotatable bonds is 3. The topological polar surface area (TPSA) is 33.2 Å². The van der Waals surface area contributed by atoms with Gasteiger partial charge in [-0.15, -0.1) is 0 Å². The van der Waals surface area contributed by atoms with Gasteiger partial charge in [-0.25, -0.2) is 4.98 Å². The van der Waals surface area contributed by atoms with Crippen molar-refractivity contribution in [1.29, 1.82) is 0 Å². The van der Waals surface area contributed by atoms with Crippen LogP contribution in [0.4, 0.5) is 5.82 Å². The second-order valence-electron chi connectivity index (χ2n) is 4.45. The Hall–Kier alpha value is -1.68. The van der Waals surface area contributed by atoms with Crippen LogP contribution in [0, 0.1) is 6.92 Å². The summed E-state index contributed by atoms with van der Waals surface area (Å²) in [6, 6.07) is 11.7. The quantitative estimate of drug-likeness (QED) is 0.869. The summed E-state index contributed by atoms with van der Waals surface area (Å²) < 4.78 is 0.910. The average molecular weight is 319 g/mol. The number of amides is 1. The van der Waals surface area contributed by atoms with Gasteiger partial charge in [0, 0.05) is 17.7 Å². The number of pyridine rings is 1. The van der Waals surface area contributed by atoms with E-state index in [0.29, 0.717) is 12.2 Å². The molecule has 1 aromatic carbocycles. The molecule has 0 bridgehead atoms. The third-order valence-electron chi connectivity index (χ3n) is 2.90. The van der Waals surface area contributed by atoms with E-state index in [2.05, 4.69) is 20.9 Å². The van der Waals surface area contributed by atoms with Gasteiger partial charge in [0.15, 0.2) is 0 Å². The van der Waals surface area contributed by atoms with E-state index in [1.54, 1.807) is 18.1 Å². The van der Waals surface area contributed by atoms with Gasteiger partial charge < -0.3 is 0 Å². The molecule has 1 aromatic heterocycles. The predicted molar refractivity (Wildman–Crippen MR) is 80.2 cm³/mol. The Balaban J connectivity index is 2.09. The van der Waals surface area contributed by atoms with Gasteiger partial charge in [-0.05, 0) is 24.6 Å². The third-order valence-corrected chi connectivity index (χ3v) is 3.39. The first kappa shape index (κ1) is 13.7. The van der Waals surface area contributed by atoms with Crippen LogP contribution in [0.15, 0.2) is 47.1 Å². The summed E-state index contributed by atoms with van der Waals surface area (Å²) in [5, 5.41) is 0. The van der Waals surface area contributed by atoms with Crippen LogP contribution in [-0.2, 0) is 11.2 Å². The molecule has 0 aliphatic heterocycles. The Kier molecular flexibility index (Phi) is 4.32. The highest BCUT2D eigenvalue weighted by Crippen LogP contribution is 2.16. The van der Waals surface area contributed by atoms with Gasteiger partial charge in [0.05, 0.1) is 6.42 Å². The zero-order valence-electron chi connectivity index (χ0n) is 10.9. The monoisotopic (exact) mass is 318 g/mol. The number of nitrogens with zero attached hydrogens (tertiary/aromatic N) is 2. The molecule has 0 radical (unpaired) electrons. The molecule has 0 aliphatic carbocycles. The highest BCUT2D eigenvalue weighted by molar-refractivity contribution is 9.10. The normalized spacial score (nSPS) is 10.3. The average Bonchev–Trinajstić information content (AvgIpc) is 2.40. The fraction of sp³-hybridized carbons (Fsp3) is 0.200. The molecule has 0 unspecified atom stereocenters. The van der Waals surface area contributed by atoms with Crippen molar-refractivity contribution < 1.29 is 4.79 Å². The Bertz CT molecular complexity index is 581. The Labute approximate surface area is 121 Å². The maximum absolute atomic E-state index is 12.2. The molecule has 1 heterocycles. The lowest BCUT2D eigenvalue weighted by Gasteiger charge is -2.16. The number of carbonyl (C=O) groups excluding carboxylic acids is 1. The number of hydrogen-bond donors (Lipinski definition) is 0. The zero-order chi connectivity index (χ0) is 13.8. The highest BCUT2D eigenvalue weighted by atomic mass is 79.9. The maximum atomic E-state index is 12.2. The van der Waals surface area contributed by atoms with Crippen LogP contribution in [-0.4, -0.2) is 17.9 Å². The summed E-state index contributed by atoms with van der Waals surface area (Å²) >= 11 is 3.38. The van der Waals surface area contributed by atoms with Crippen molar-refractivity contribution in [3.05, 3.63) is 58.2 Å². The molecule has 0 fully saturated rings. The van der Waals surface area contributed by atoms with Crippen molar-refractivity contribution >= 4 is 27.7 Å². The van der Waals surface area contributed by atoms with Crippen LogP contribution in [0.25, 0.3) is 0 Å². The SMILES string of the molecule is Cc1ccc(CC(=O)N(C)c2cc(Br)ccn2)cc1. The number of anilines is 1. The fourth-order valence-electron chi connectivity index (χ4n) is 1.70. The number of hydrogen-bond acceptors (Lipinski definition) is 2. The Morgan fingerprint density at radius 2 is 1.95 bits per heavy atom. The van der Waals surface area contributed by atoms with E-state index < -0.39 is 0 Å². The Morgan fingerprint density at radius 3 is 2.58 bits per heavy atom. The number of aromatic nitrogens is 1. The molecule has 0 saturated carbocycles. The summed E-state index contributed by atoms with van der Waals surface area (Å²) in [6.07, 6.45) is 2.06. The van der Waals surface area contributed by atoms with Crippen molar-refractivity contribution in [1.82, 2.24) is 4.98 Å². The summed E-state index contributed by atoms with van der Waals surface area (Å²) in [7, 11) is 1.74.